The lowest BCUT2D eigenvalue weighted by atomic mass is 9.83. The molecule has 3 atom stereocenters. The average molecular weight is 687 g/mol. The van der Waals surface area contributed by atoms with Crippen LogP contribution < -0.4 is 10.5 Å². The number of hydrogen-bond donors (Lipinski definition) is 2. The third-order valence-electron chi connectivity index (χ3n) is 9.36. The van der Waals surface area contributed by atoms with Gasteiger partial charge in [-0.15, -0.1) is 5.10 Å². The Morgan fingerprint density at radius 3 is 2.50 bits per heavy atom. The molecule has 0 spiro atoms. The van der Waals surface area contributed by atoms with E-state index in [0.29, 0.717) is 46.0 Å². The van der Waals surface area contributed by atoms with E-state index in [1.54, 1.807) is 52.2 Å². The number of aliphatic hydroxyl groups excluding tert-OH is 1. The second-order valence-corrected chi connectivity index (χ2v) is 12.9. The smallest absolute Gasteiger partial charge is 0.279 e. The fourth-order valence-corrected chi connectivity index (χ4v) is 6.73. The fourth-order valence-electron chi connectivity index (χ4n) is 6.56. The molecule has 0 fully saturated rings. The maximum Gasteiger partial charge on any atom is 0.279 e. The summed E-state index contributed by atoms with van der Waals surface area (Å²) in [7, 11) is 0. The molecule has 10 nitrogen and oxygen atoms in total. The number of carbonyl (C=O) groups excluding carboxylic acids is 1. The number of allylic oxidation sites excluding steroid dienone is 1. The first-order valence-corrected chi connectivity index (χ1v) is 16.8. The lowest BCUT2D eigenvalue weighted by molar-refractivity contribution is -0.139. The molecule has 7 rings (SSSR count). The maximum atomic E-state index is 14.1. The van der Waals surface area contributed by atoms with Crippen LogP contribution in [-0.2, 0) is 23.5 Å². The summed E-state index contributed by atoms with van der Waals surface area (Å²) in [6, 6.07) is 29.4. The number of amides is 1. The van der Waals surface area contributed by atoms with Gasteiger partial charge in [0.05, 0.1) is 47.7 Å². The minimum absolute atomic E-state index is 0.0787. The fraction of sp³-hybridized carbons (Fsp3) is 0.205. The molecule has 0 bridgehead atoms. The van der Waals surface area contributed by atoms with Gasteiger partial charge in [-0.1, -0.05) is 96.6 Å². The Morgan fingerprint density at radius 2 is 1.72 bits per heavy atom. The Balaban J connectivity index is 1.05. The van der Waals surface area contributed by atoms with Crippen molar-refractivity contribution in [2.45, 2.75) is 38.0 Å². The molecule has 2 N–H and O–H groups in total. The highest BCUT2D eigenvalue weighted by molar-refractivity contribution is 6.31. The predicted molar refractivity (Wildman–Crippen MR) is 192 cm³/mol. The monoisotopic (exact) mass is 686 g/mol. The van der Waals surface area contributed by atoms with Crippen molar-refractivity contribution < 1.29 is 15.0 Å². The van der Waals surface area contributed by atoms with Crippen molar-refractivity contribution in [1.82, 2.24) is 24.8 Å². The van der Waals surface area contributed by atoms with Gasteiger partial charge in [0.2, 0.25) is 0 Å². The number of fused-ring (bicyclic) bond motifs is 2. The SMILES string of the molecule is C[C@H](/C=C/CCn1cc(C(CO)c2ccccc2)nn1)[C@@]1(O)C(=O)N(Cc2ccc(-n3ncc4ccccc4c3=O)cc2)c2ccc(Cl)cc21. The topological polar surface area (TPSA) is 126 Å². The molecule has 3 heterocycles. The summed E-state index contributed by atoms with van der Waals surface area (Å²) < 4.78 is 3.08. The molecule has 0 saturated carbocycles. The van der Waals surface area contributed by atoms with E-state index in [-0.39, 0.29) is 24.6 Å². The van der Waals surface area contributed by atoms with Crippen LogP contribution in [0, 0.1) is 5.92 Å². The third kappa shape index (κ3) is 6.13. The number of hydrogen-bond acceptors (Lipinski definition) is 7. The van der Waals surface area contributed by atoms with Crippen molar-refractivity contribution in [2.75, 3.05) is 11.5 Å². The van der Waals surface area contributed by atoms with Gasteiger partial charge in [-0.3, -0.25) is 14.3 Å². The van der Waals surface area contributed by atoms with Crippen LogP contribution in [0.3, 0.4) is 0 Å². The zero-order valence-corrected chi connectivity index (χ0v) is 28.1. The quantitative estimate of drug-likeness (QED) is 0.166. The first-order valence-electron chi connectivity index (χ1n) is 16.4. The van der Waals surface area contributed by atoms with Crippen molar-refractivity contribution in [3.63, 3.8) is 0 Å². The molecular weight excluding hydrogens is 652 g/mol. The Labute approximate surface area is 293 Å². The minimum atomic E-state index is -1.83. The molecule has 6 aromatic rings. The number of aromatic nitrogens is 5. The molecular formula is C39H35ClN6O4. The lowest BCUT2D eigenvalue weighted by Gasteiger charge is -2.27. The van der Waals surface area contributed by atoms with Gasteiger partial charge in [0.25, 0.3) is 11.5 Å². The Bertz CT molecular complexity index is 2250. The van der Waals surface area contributed by atoms with E-state index in [2.05, 4.69) is 15.4 Å². The molecule has 2 aromatic heterocycles. The van der Waals surface area contributed by atoms with E-state index < -0.39 is 17.4 Å². The standard InChI is InChI=1S/C39H35ClN6O4/c1-26(9-7-8-20-44-24-35(42-43-44)33(25-47)28-10-3-2-4-11-28)39(50)34-21-30(40)16-19-36(34)45(38(39)49)23-27-14-17-31(18-15-27)46-37(48)32-13-6-5-12-29(32)22-41-46/h2-7,9-19,21-22,24,26,33,47,50H,8,20,23,25H2,1H3/b9-7+/t26-,33?,39+/m1/s1. The van der Waals surface area contributed by atoms with Crippen molar-refractivity contribution in [3.8, 4) is 5.69 Å². The molecule has 252 valence electrons. The summed E-state index contributed by atoms with van der Waals surface area (Å²) in [5.41, 5.74) is 2.06. The van der Waals surface area contributed by atoms with E-state index >= 15 is 0 Å². The van der Waals surface area contributed by atoms with Gasteiger partial charge in [-0.2, -0.15) is 9.78 Å². The highest BCUT2D eigenvalue weighted by Crippen LogP contribution is 2.46. The van der Waals surface area contributed by atoms with Crippen LogP contribution in [0.4, 0.5) is 5.69 Å². The first kappa shape index (κ1) is 33.1. The van der Waals surface area contributed by atoms with Gasteiger partial charge >= 0.3 is 0 Å². The molecule has 1 aliphatic rings. The third-order valence-corrected chi connectivity index (χ3v) is 9.59. The van der Waals surface area contributed by atoms with Gasteiger partial charge in [0.1, 0.15) is 0 Å². The van der Waals surface area contributed by atoms with Crippen LogP contribution in [0.1, 0.15) is 41.6 Å². The van der Waals surface area contributed by atoms with Gasteiger partial charge in [-0.05, 0) is 53.9 Å². The van der Waals surface area contributed by atoms with Crippen molar-refractivity contribution in [1.29, 1.82) is 0 Å². The van der Waals surface area contributed by atoms with Crippen LogP contribution in [-0.4, -0.2) is 47.5 Å². The summed E-state index contributed by atoms with van der Waals surface area (Å²) in [6.45, 7) is 2.47. The molecule has 11 heteroatoms. The summed E-state index contributed by atoms with van der Waals surface area (Å²) in [5, 5.41) is 36.7. The Morgan fingerprint density at radius 1 is 0.960 bits per heavy atom. The zero-order chi connectivity index (χ0) is 34.8. The van der Waals surface area contributed by atoms with Gasteiger partial charge in [0, 0.05) is 34.6 Å². The number of halogens is 1. The highest BCUT2D eigenvalue weighted by Gasteiger charge is 2.52. The minimum Gasteiger partial charge on any atom is -0.395 e. The van der Waals surface area contributed by atoms with Crippen LogP contribution >= 0.6 is 11.6 Å². The number of nitrogens with zero attached hydrogens (tertiary/aromatic N) is 6. The summed E-state index contributed by atoms with van der Waals surface area (Å²) >= 11 is 6.38. The van der Waals surface area contributed by atoms with Crippen LogP contribution in [0.25, 0.3) is 16.5 Å². The molecule has 1 aliphatic heterocycles. The predicted octanol–water partition coefficient (Wildman–Crippen LogP) is 5.77. The molecule has 0 radical (unpaired) electrons. The summed E-state index contributed by atoms with van der Waals surface area (Å²) in [4.78, 5) is 28.7. The number of rotatable bonds is 11. The normalized spacial score (nSPS) is 17.0. The van der Waals surface area contributed by atoms with E-state index in [1.807, 2.05) is 85.9 Å². The van der Waals surface area contributed by atoms with Crippen LogP contribution in [0.5, 0.6) is 0 Å². The largest absolute Gasteiger partial charge is 0.395 e. The summed E-state index contributed by atoms with van der Waals surface area (Å²) in [5.74, 6) is -1.28. The van der Waals surface area contributed by atoms with E-state index in [4.69, 9.17) is 11.6 Å². The molecule has 0 saturated heterocycles. The van der Waals surface area contributed by atoms with E-state index in [9.17, 15) is 19.8 Å². The van der Waals surface area contributed by atoms with Crippen molar-refractivity contribution in [2.24, 2.45) is 5.92 Å². The van der Waals surface area contributed by atoms with Crippen LogP contribution in [0.15, 0.2) is 126 Å². The zero-order valence-electron chi connectivity index (χ0n) is 27.3. The van der Waals surface area contributed by atoms with E-state index in [0.717, 1.165) is 16.5 Å². The lowest BCUT2D eigenvalue weighted by Crippen LogP contribution is -2.44. The van der Waals surface area contributed by atoms with E-state index in [1.165, 1.54) is 4.68 Å². The maximum absolute atomic E-state index is 14.1. The van der Waals surface area contributed by atoms with Gasteiger partial charge in [0.15, 0.2) is 5.60 Å². The molecule has 1 amide bonds. The van der Waals surface area contributed by atoms with Crippen molar-refractivity contribution in [3.05, 3.63) is 159 Å². The Hall–Kier alpha value is -5.42. The molecule has 0 aliphatic carbocycles. The molecule has 4 aromatic carbocycles. The van der Waals surface area contributed by atoms with Crippen molar-refractivity contribution >= 4 is 34.0 Å². The van der Waals surface area contributed by atoms with Gasteiger partial charge < -0.3 is 15.1 Å². The number of aliphatic hydroxyl groups is 2. The second-order valence-electron chi connectivity index (χ2n) is 12.5. The first-order chi connectivity index (χ1) is 24.3. The average Bonchev–Trinajstić information content (AvgIpc) is 3.69. The second kappa shape index (κ2) is 13.8. The number of carbonyl (C=O) groups is 1. The highest BCUT2D eigenvalue weighted by atomic mass is 35.5. The number of benzene rings is 4. The molecule has 50 heavy (non-hydrogen) atoms. The van der Waals surface area contributed by atoms with Crippen LogP contribution in [0.2, 0.25) is 5.02 Å². The number of anilines is 1. The summed E-state index contributed by atoms with van der Waals surface area (Å²) in [6.07, 6.45) is 7.84. The Kier molecular flexibility index (Phi) is 9.16. The van der Waals surface area contributed by atoms with Gasteiger partial charge in [-0.25, -0.2) is 0 Å². The number of aryl methyl sites for hydroxylation is 1. The molecule has 1 unspecified atom stereocenters.